The van der Waals surface area contributed by atoms with Crippen molar-refractivity contribution in [2.75, 3.05) is 0 Å². The van der Waals surface area contributed by atoms with Crippen LogP contribution in [0, 0.1) is 0 Å². The third kappa shape index (κ3) is 1.07. The van der Waals surface area contributed by atoms with E-state index in [1.165, 1.54) is 0 Å². The zero-order valence-electron chi connectivity index (χ0n) is 8.24. The van der Waals surface area contributed by atoms with Crippen LogP contribution in [-0.4, -0.2) is 21.4 Å². The molecule has 1 aliphatic heterocycles. The highest BCUT2D eigenvalue weighted by atomic mass is 16.2. The number of aryl methyl sites for hydroxylation is 1. The van der Waals surface area contributed by atoms with Gasteiger partial charge >= 0.3 is 0 Å². The summed E-state index contributed by atoms with van der Waals surface area (Å²) in [5.74, 6) is 0.164. The van der Waals surface area contributed by atoms with Crippen LogP contribution >= 0.6 is 0 Å². The van der Waals surface area contributed by atoms with E-state index in [2.05, 4.69) is 0 Å². The number of carbonyl (C=O) groups is 1. The van der Waals surface area contributed by atoms with Crippen molar-refractivity contribution in [1.29, 1.82) is 0 Å². The molecule has 0 fully saturated rings. The summed E-state index contributed by atoms with van der Waals surface area (Å²) < 4.78 is 1.90. The van der Waals surface area contributed by atoms with Crippen LogP contribution in [0.1, 0.15) is 29.9 Å². The molecule has 3 heteroatoms. The van der Waals surface area contributed by atoms with E-state index in [-0.39, 0.29) is 5.91 Å². The zero-order valence-corrected chi connectivity index (χ0v) is 8.24. The summed E-state index contributed by atoms with van der Waals surface area (Å²) in [6.07, 6.45) is 1.94. The molecule has 0 N–H and O–H groups in total. The van der Waals surface area contributed by atoms with Gasteiger partial charge in [-0.2, -0.15) is 0 Å². The first-order chi connectivity index (χ1) is 6.11. The molecular weight excluding hydrogens is 164 g/mol. The number of hydrogen-bond donors (Lipinski definition) is 0. The second kappa shape index (κ2) is 2.62. The van der Waals surface area contributed by atoms with E-state index in [1.807, 2.05) is 42.6 Å². The van der Waals surface area contributed by atoms with Gasteiger partial charge in [-0.15, -0.1) is 0 Å². The molecule has 0 saturated heterocycles. The van der Waals surface area contributed by atoms with Gasteiger partial charge in [-0.05, 0) is 19.9 Å². The lowest BCUT2D eigenvalue weighted by Gasteiger charge is -2.20. The molecule has 0 aliphatic carbocycles. The van der Waals surface area contributed by atoms with Gasteiger partial charge in [0.05, 0.1) is 0 Å². The van der Waals surface area contributed by atoms with Crippen molar-refractivity contribution in [3.63, 3.8) is 0 Å². The van der Waals surface area contributed by atoms with E-state index in [0.29, 0.717) is 6.04 Å². The van der Waals surface area contributed by atoms with E-state index in [1.54, 1.807) is 0 Å². The molecule has 1 amide bonds. The third-order valence-electron chi connectivity index (χ3n) is 2.58. The predicted octanol–water partition coefficient (Wildman–Crippen LogP) is 1.39. The highest BCUT2D eigenvalue weighted by molar-refractivity contribution is 5.97. The maximum absolute atomic E-state index is 11.8. The number of fused-ring (bicyclic) bond motifs is 1. The monoisotopic (exact) mass is 178 g/mol. The van der Waals surface area contributed by atoms with Crippen LogP contribution in [0.2, 0.25) is 0 Å². The maximum atomic E-state index is 11.8. The number of nitrogens with zero attached hydrogens (tertiary/aromatic N) is 2. The normalized spacial score (nSPS) is 15.7. The van der Waals surface area contributed by atoms with Crippen molar-refractivity contribution in [3.05, 3.63) is 23.5 Å². The van der Waals surface area contributed by atoms with Crippen molar-refractivity contribution < 1.29 is 4.79 Å². The number of carbonyl (C=O) groups excluding carboxylic acids is 1. The Balaban J connectivity index is 2.39. The van der Waals surface area contributed by atoms with Gasteiger partial charge in [-0.25, -0.2) is 0 Å². The van der Waals surface area contributed by atoms with Crippen LogP contribution < -0.4 is 0 Å². The Labute approximate surface area is 78.0 Å². The van der Waals surface area contributed by atoms with Crippen LogP contribution in [0.5, 0.6) is 0 Å². The number of rotatable bonds is 1. The molecule has 2 rings (SSSR count). The highest BCUT2D eigenvalue weighted by Crippen LogP contribution is 2.24. The van der Waals surface area contributed by atoms with Crippen LogP contribution in [0.15, 0.2) is 12.3 Å². The van der Waals surface area contributed by atoms with Crippen LogP contribution in [0.4, 0.5) is 0 Å². The average molecular weight is 178 g/mol. The molecule has 0 atom stereocenters. The second-order valence-electron chi connectivity index (χ2n) is 3.83. The third-order valence-corrected chi connectivity index (χ3v) is 2.58. The summed E-state index contributed by atoms with van der Waals surface area (Å²) in [4.78, 5) is 13.7. The summed E-state index contributed by atoms with van der Waals surface area (Å²) >= 11 is 0. The molecule has 3 nitrogen and oxygen atoms in total. The fourth-order valence-corrected chi connectivity index (χ4v) is 1.81. The minimum Gasteiger partial charge on any atom is -0.346 e. The van der Waals surface area contributed by atoms with Gasteiger partial charge in [0.1, 0.15) is 5.69 Å². The molecule has 0 spiro atoms. The van der Waals surface area contributed by atoms with Crippen molar-refractivity contribution in [2.24, 2.45) is 7.05 Å². The average Bonchev–Trinajstić information content (AvgIpc) is 2.55. The topological polar surface area (TPSA) is 25.2 Å². The van der Waals surface area contributed by atoms with Gasteiger partial charge < -0.3 is 9.47 Å². The van der Waals surface area contributed by atoms with Gasteiger partial charge in [-0.1, -0.05) is 0 Å². The Bertz CT molecular complexity index is 352. The number of hydrogen-bond acceptors (Lipinski definition) is 1. The molecule has 1 aliphatic rings. The molecule has 70 valence electrons. The first kappa shape index (κ1) is 8.35. The highest BCUT2D eigenvalue weighted by Gasteiger charge is 2.31. The van der Waals surface area contributed by atoms with Crippen LogP contribution in [0.25, 0.3) is 0 Å². The Morgan fingerprint density at radius 2 is 2.15 bits per heavy atom. The minimum absolute atomic E-state index is 0.164. The number of amides is 1. The molecule has 0 aromatic carbocycles. The smallest absolute Gasteiger partial charge is 0.271 e. The van der Waals surface area contributed by atoms with E-state index in [9.17, 15) is 4.79 Å². The van der Waals surface area contributed by atoms with Gasteiger partial charge in [0.2, 0.25) is 0 Å². The Morgan fingerprint density at radius 3 is 2.69 bits per heavy atom. The summed E-state index contributed by atoms with van der Waals surface area (Å²) in [5.41, 5.74) is 2.01. The van der Waals surface area contributed by atoms with Gasteiger partial charge in [-0.3, -0.25) is 4.79 Å². The van der Waals surface area contributed by atoms with Crippen molar-refractivity contribution in [2.45, 2.75) is 26.4 Å². The minimum atomic E-state index is 0.164. The molecule has 1 aromatic heterocycles. The molecule has 0 bridgehead atoms. The molecule has 0 unspecified atom stereocenters. The fraction of sp³-hybridized carbons (Fsp3) is 0.500. The van der Waals surface area contributed by atoms with E-state index in [4.69, 9.17) is 0 Å². The van der Waals surface area contributed by atoms with E-state index in [0.717, 1.165) is 17.8 Å². The Morgan fingerprint density at radius 1 is 1.46 bits per heavy atom. The molecule has 2 heterocycles. The SMILES string of the molecule is CC(C)N1Cc2ccn(C)c2C1=O. The lowest BCUT2D eigenvalue weighted by Crippen LogP contribution is -2.31. The van der Waals surface area contributed by atoms with Crippen LogP contribution in [0.3, 0.4) is 0 Å². The second-order valence-corrected chi connectivity index (χ2v) is 3.83. The Kier molecular flexibility index (Phi) is 1.68. The Hall–Kier alpha value is -1.25. The summed E-state index contributed by atoms with van der Waals surface area (Å²) in [7, 11) is 1.92. The molecule has 0 radical (unpaired) electrons. The molecular formula is C10H14N2O. The quantitative estimate of drug-likeness (QED) is 0.638. The van der Waals surface area contributed by atoms with Crippen LogP contribution in [-0.2, 0) is 13.6 Å². The van der Waals surface area contributed by atoms with Crippen molar-refractivity contribution in [3.8, 4) is 0 Å². The largest absolute Gasteiger partial charge is 0.346 e. The molecule has 1 aromatic rings. The van der Waals surface area contributed by atoms with Gasteiger partial charge in [0, 0.05) is 31.4 Å². The fourth-order valence-electron chi connectivity index (χ4n) is 1.81. The summed E-state index contributed by atoms with van der Waals surface area (Å²) in [6, 6.07) is 2.31. The van der Waals surface area contributed by atoms with Gasteiger partial charge in [0.15, 0.2) is 0 Å². The van der Waals surface area contributed by atoms with E-state index < -0.39 is 0 Å². The molecule has 0 saturated carbocycles. The first-order valence-corrected chi connectivity index (χ1v) is 4.56. The van der Waals surface area contributed by atoms with Crippen molar-refractivity contribution in [1.82, 2.24) is 9.47 Å². The summed E-state index contributed by atoms with van der Waals surface area (Å²) in [5, 5.41) is 0. The lowest BCUT2D eigenvalue weighted by molar-refractivity contribution is 0.0722. The number of aromatic nitrogens is 1. The lowest BCUT2D eigenvalue weighted by atomic mass is 10.3. The predicted molar refractivity (Wildman–Crippen MR) is 50.4 cm³/mol. The molecule has 13 heavy (non-hydrogen) atoms. The first-order valence-electron chi connectivity index (χ1n) is 4.56. The van der Waals surface area contributed by atoms with Gasteiger partial charge in [0.25, 0.3) is 5.91 Å². The maximum Gasteiger partial charge on any atom is 0.271 e. The van der Waals surface area contributed by atoms with Crippen molar-refractivity contribution >= 4 is 5.91 Å². The standard InChI is InChI=1S/C10H14N2O/c1-7(2)12-6-8-4-5-11(3)9(8)10(12)13/h4-5,7H,6H2,1-3H3. The zero-order chi connectivity index (χ0) is 9.59. The van der Waals surface area contributed by atoms with E-state index >= 15 is 0 Å². The summed E-state index contributed by atoms with van der Waals surface area (Å²) in [6.45, 7) is 4.86.